The fraction of sp³-hybridized carbons (Fsp3) is 0.333. The van der Waals surface area contributed by atoms with Gasteiger partial charge in [0.15, 0.2) is 0 Å². The van der Waals surface area contributed by atoms with Crippen LogP contribution in [0, 0.1) is 6.92 Å². The van der Waals surface area contributed by atoms with Crippen LogP contribution >= 0.6 is 11.3 Å². The van der Waals surface area contributed by atoms with Crippen molar-refractivity contribution in [3.8, 4) is 5.75 Å². The van der Waals surface area contributed by atoms with Crippen LogP contribution in [0.2, 0.25) is 0 Å². The maximum Gasteiger partial charge on any atom is 0.253 e. The lowest BCUT2D eigenvalue weighted by Gasteiger charge is -2.29. The number of aliphatic hydroxyl groups is 1. The molecule has 2 N–H and O–H groups in total. The average molecular weight is 602 g/mol. The fourth-order valence-corrected chi connectivity index (χ4v) is 5.46. The second-order valence-corrected chi connectivity index (χ2v) is 11.8. The number of pyridine rings is 1. The lowest BCUT2D eigenvalue weighted by atomic mass is 9.99. The van der Waals surface area contributed by atoms with Gasteiger partial charge in [0.1, 0.15) is 10.8 Å². The van der Waals surface area contributed by atoms with Crippen molar-refractivity contribution < 1.29 is 19.4 Å². The minimum absolute atomic E-state index is 0.00914. The molecule has 2 heterocycles. The Morgan fingerprint density at radius 3 is 2.47 bits per heavy atom. The third kappa shape index (κ3) is 9.10. The smallest absolute Gasteiger partial charge is 0.253 e. The van der Waals surface area contributed by atoms with Crippen LogP contribution < -0.4 is 15.0 Å². The molecule has 2 amide bonds. The predicted molar refractivity (Wildman–Crippen MR) is 170 cm³/mol. The molecule has 0 aliphatic carbocycles. The number of likely N-dealkylation sites (N-methyl/N-ethyl adjacent to an activating group) is 1. The summed E-state index contributed by atoms with van der Waals surface area (Å²) in [7, 11) is 3.58. The minimum atomic E-state index is -0.915. The number of carbonyl (C=O) groups excluding carboxylic acids is 2. The van der Waals surface area contributed by atoms with E-state index in [0.29, 0.717) is 29.8 Å². The highest BCUT2D eigenvalue weighted by atomic mass is 32.1. The van der Waals surface area contributed by atoms with E-state index in [1.807, 2.05) is 74.5 Å². The van der Waals surface area contributed by atoms with Crippen molar-refractivity contribution in [3.63, 3.8) is 0 Å². The number of ether oxygens (including phenoxy) is 1. The Kier molecular flexibility index (Phi) is 10.9. The zero-order chi connectivity index (χ0) is 30.9. The largest absolute Gasteiger partial charge is 0.489 e. The van der Waals surface area contributed by atoms with E-state index in [1.165, 1.54) is 11.3 Å². The Morgan fingerprint density at radius 2 is 1.77 bits per heavy atom. The van der Waals surface area contributed by atoms with E-state index < -0.39 is 12.1 Å². The molecule has 9 nitrogen and oxygen atoms in total. The number of anilines is 1. The zero-order valence-corrected chi connectivity index (χ0v) is 26.0. The first-order valence-corrected chi connectivity index (χ1v) is 15.1. The molecule has 43 heavy (non-hydrogen) atoms. The zero-order valence-electron chi connectivity index (χ0n) is 25.2. The van der Waals surface area contributed by atoms with E-state index in [0.717, 1.165) is 22.0 Å². The number of rotatable bonds is 13. The van der Waals surface area contributed by atoms with Crippen LogP contribution in [-0.4, -0.2) is 70.7 Å². The average Bonchev–Trinajstić information content (AvgIpc) is 3.40. The molecule has 0 fully saturated rings. The summed E-state index contributed by atoms with van der Waals surface area (Å²) in [5.74, 6) is 0.0663. The standard InChI is InChI=1S/C33H39N5O4S/c1-22(2)42-28-16-27(17-34-18-28)37(4)19-30(39)29(14-24-10-7-6-8-11-24)36-32(40)25-12-9-13-26(15-25)33(41)38(5)20-31-35-23(3)21-43-31/h6-13,15-18,21-22,29-30,39H,14,19-20H2,1-5H3,(H,36,40)/t29-,30+/m0/s1. The molecule has 0 aliphatic rings. The highest BCUT2D eigenvalue weighted by Gasteiger charge is 2.25. The van der Waals surface area contributed by atoms with Crippen LogP contribution in [0.3, 0.4) is 0 Å². The number of hydrogen-bond donors (Lipinski definition) is 2. The Bertz CT molecular complexity index is 1510. The van der Waals surface area contributed by atoms with Gasteiger partial charge in [-0.3, -0.25) is 14.6 Å². The van der Waals surface area contributed by atoms with Crippen molar-refractivity contribution in [2.75, 3.05) is 25.5 Å². The second-order valence-electron chi connectivity index (χ2n) is 10.9. The number of hydrogen-bond acceptors (Lipinski definition) is 8. The van der Waals surface area contributed by atoms with Crippen LogP contribution in [0.4, 0.5) is 5.69 Å². The molecule has 2 aromatic heterocycles. The topological polar surface area (TPSA) is 108 Å². The summed E-state index contributed by atoms with van der Waals surface area (Å²) in [6.07, 6.45) is 2.88. The first kappa shape index (κ1) is 31.7. The van der Waals surface area contributed by atoms with E-state index in [2.05, 4.69) is 15.3 Å². The molecule has 0 bridgehead atoms. The fourth-order valence-electron chi connectivity index (χ4n) is 4.63. The van der Waals surface area contributed by atoms with Gasteiger partial charge in [0, 0.05) is 48.9 Å². The molecular weight excluding hydrogens is 562 g/mol. The monoisotopic (exact) mass is 601 g/mol. The van der Waals surface area contributed by atoms with Gasteiger partial charge in [-0.05, 0) is 51.0 Å². The van der Waals surface area contributed by atoms with Crippen LogP contribution in [0.25, 0.3) is 0 Å². The van der Waals surface area contributed by atoms with Crippen molar-refractivity contribution in [3.05, 3.63) is 106 Å². The number of amides is 2. The molecule has 0 saturated carbocycles. The van der Waals surface area contributed by atoms with Crippen LogP contribution in [0.5, 0.6) is 5.75 Å². The lowest BCUT2D eigenvalue weighted by molar-refractivity contribution is 0.0784. The van der Waals surface area contributed by atoms with Gasteiger partial charge in [0.05, 0.1) is 42.9 Å². The van der Waals surface area contributed by atoms with Crippen LogP contribution in [0.1, 0.15) is 50.8 Å². The second kappa shape index (κ2) is 14.8. The number of aliphatic hydroxyl groups excluding tert-OH is 1. The maximum absolute atomic E-state index is 13.5. The summed E-state index contributed by atoms with van der Waals surface area (Å²) < 4.78 is 5.77. The van der Waals surface area contributed by atoms with E-state index >= 15 is 0 Å². The van der Waals surface area contributed by atoms with E-state index in [1.54, 1.807) is 48.6 Å². The number of nitrogens with one attached hydrogen (secondary N) is 1. The molecule has 0 aliphatic heterocycles. The molecule has 4 aromatic rings. The number of nitrogens with zero attached hydrogens (tertiary/aromatic N) is 4. The number of aromatic nitrogens is 2. The Morgan fingerprint density at radius 1 is 1.02 bits per heavy atom. The van der Waals surface area contributed by atoms with Gasteiger partial charge in [-0.25, -0.2) is 4.98 Å². The number of carbonyl (C=O) groups is 2. The van der Waals surface area contributed by atoms with Gasteiger partial charge >= 0.3 is 0 Å². The van der Waals surface area contributed by atoms with E-state index in [-0.39, 0.29) is 24.5 Å². The van der Waals surface area contributed by atoms with Crippen molar-refractivity contribution in [2.45, 2.75) is 52.0 Å². The quantitative estimate of drug-likeness (QED) is 0.228. The molecule has 2 atom stereocenters. The Hall–Kier alpha value is -4.28. The summed E-state index contributed by atoms with van der Waals surface area (Å²) >= 11 is 1.51. The third-order valence-electron chi connectivity index (χ3n) is 6.81. The van der Waals surface area contributed by atoms with Gasteiger partial charge in [0.25, 0.3) is 11.8 Å². The molecule has 2 aromatic carbocycles. The van der Waals surface area contributed by atoms with Gasteiger partial charge in [-0.15, -0.1) is 11.3 Å². The summed E-state index contributed by atoms with van der Waals surface area (Å²) in [6, 6.07) is 17.6. The molecule has 0 radical (unpaired) electrons. The highest BCUT2D eigenvalue weighted by molar-refractivity contribution is 7.09. The van der Waals surface area contributed by atoms with E-state index in [4.69, 9.17) is 4.74 Å². The molecule has 10 heteroatoms. The SMILES string of the molecule is Cc1csc(CN(C)C(=O)c2cccc(C(=O)N[C@@H](Cc3ccccc3)[C@H](O)CN(C)c3cncc(OC(C)C)c3)c2)n1. The van der Waals surface area contributed by atoms with Gasteiger partial charge in [0.2, 0.25) is 0 Å². The number of aryl methyl sites for hydroxylation is 1. The Balaban J connectivity index is 1.48. The van der Waals surface area contributed by atoms with Gasteiger partial charge in [-0.1, -0.05) is 36.4 Å². The minimum Gasteiger partial charge on any atom is -0.489 e. The number of thiazole rings is 1. The van der Waals surface area contributed by atoms with Crippen molar-refractivity contribution in [1.82, 2.24) is 20.2 Å². The summed E-state index contributed by atoms with van der Waals surface area (Å²) in [5.41, 5.74) is 3.42. The molecule has 4 rings (SSSR count). The molecule has 0 saturated heterocycles. The summed E-state index contributed by atoms with van der Waals surface area (Å²) in [6.45, 7) is 6.44. The predicted octanol–water partition coefficient (Wildman–Crippen LogP) is 4.74. The first-order valence-electron chi connectivity index (χ1n) is 14.2. The first-order chi connectivity index (χ1) is 20.6. The van der Waals surface area contributed by atoms with Gasteiger partial charge < -0.3 is 25.0 Å². The normalized spacial score (nSPS) is 12.4. The third-order valence-corrected chi connectivity index (χ3v) is 7.76. The van der Waals surface area contributed by atoms with Crippen molar-refractivity contribution in [1.29, 1.82) is 0 Å². The lowest BCUT2D eigenvalue weighted by Crippen LogP contribution is -2.49. The molecule has 0 unspecified atom stereocenters. The van der Waals surface area contributed by atoms with Crippen molar-refractivity contribution in [2.24, 2.45) is 0 Å². The van der Waals surface area contributed by atoms with Crippen molar-refractivity contribution >= 4 is 28.8 Å². The molecule has 0 spiro atoms. The van der Waals surface area contributed by atoms with Crippen LogP contribution in [0.15, 0.2) is 78.4 Å². The van der Waals surface area contributed by atoms with E-state index in [9.17, 15) is 14.7 Å². The van der Waals surface area contributed by atoms with Gasteiger partial charge in [-0.2, -0.15) is 0 Å². The summed E-state index contributed by atoms with van der Waals surface area (Å²) in [4.78, 5) is 38.8. The molecule has 226 valence electrons. The maximum atomic E-state index is 13.5. The summed E-state index contributed by atoms with van der Waals surface area (Å²) in [5, 5.41) is 17.2. The number of benzene rings is 2. The molecular formula is C33H39N5O4S. The highest BCUT2D eigenvalue weighted by Crippen LogP contribution is 2.21. The van der Waals surface area contributed by atoms with Crippen LogP contribution in [-0.2, 0) is 13.0 Å². The Labute approximate surface area is 257 Å².